The minimum Gasteiger partial charge on any atom is -0.375 e. The third-order valence-electron chi connectivity index (χ3n) is 5.14. The Morgan fingerprint density at radius 1 is 1.48 bits per heavy atom. The molecule has 5 heteroatoms. The second kappa shape index (κ2) is 6.73. The van der Waals surface area contributed by atoms with Crippen molar-refractivity contribution in [2.75, 3.05) is 33.3 Å². The van der Waals surface area contributed by atoms with Crippen molar-refractivity contribution < 1.29 is 4.74 Å². The highest BCUT2D eigenvalue weighted by molar-refractivity contribution is 7.09. The number of piperidine rings is 1. The SMILES string of the molecule is Cc1ncsc1CCN(C)C1CCOC2(CCNCC2)C1. The molecule has 1 aromatic heterocycles. The third kappa shape index (κ3) is 3.65. The summed E-state index contributed by atoms with van der Waals surface area (Å²) >= 11 is 1.79. The summed E-state index contributed by atoms with van der Waals surface area (Å²) in [5.74, 6) is 0. The average Bonchev–Trinajstić information content (AvgIpc) is 2.91. The molecule has 3 heterocycles. The van der Waals surface area contributed by atoms with Gasteiger partial charge in [-0.05, 0) is 59.2 Å². The number of nitrogens with one attached hydrogen (secondary N) is 1. The van der Waals surface area contributed by atoms with Gasteiger partial charge in [-0.15, -0.1) is 11.3 Å². The molecule has 1 atom stereocenters. The molecule has 0 amide bonds. The van der Waals surface area contributed by atoms with Crippen LogP contribution >= 0.6 is 11.3 Å². The van der Waals surface area contributed by atoms with Crippen molar-refractivity contribution in [3.8, 4) is 0 Å². The molecule has 0 aliphatic carbocycles. The van der Waals surface area contributed by atoms with Crippen LogP contribution in [0.25, 0.3) is 0 Å². The Bertz CT molecular complexity index is 451. The highest BCUT2D eigenvalue weighted by Crippen LogP contribution is 2.34. The second-order valence-electron chi connectivity index (χ2n) is 6.52. The van der Waals surface area contributed by atoms with E-state index >= 15 is 0 Å². The van der Waals surface area contributed by atoms with E-state index < -0.39 is 0 Å². The van der Waals surface area contributed by atoms with Gasteiger partial charge in [0.25, 0.3) is 0 Å². The lowest BCUT2D eigenvalue weighted by Crippen LogP contribution is -2.52. The van der Waals surface area contributed by atoms with E-state index in [0.29, 0.717) is 6.04 Å². The normalized spacial score (nSPS) is 25.6. The fourth-order valence-electron chi connectivity index (χ4n) is 3.64. The zero-order valence-corrected chi connectivity index (χ0v) is 14.0. The smallest absolute Gasteiger partial charge is 0.0797 e. The molecule has 2 aliphatic heterocycles. The monoisotopic (exact) mass is 309 g/mol. The molecule has 0 radical (unpaired) electrons. The maximum absolute atomic E-state index is 6.18. The van der Waals surface area contributed by atoms with Crippen LogP contribution in [0.2, 0.25) is 0 Å². The first kappa shape index (κ1) is 15.4. The molecule has 1 N–H and O–H groups in total. The molecular weight excluding hydrogens is 282 g/mol. The van der Waals surface area contributed by atoms with E-state index in [0.717, 1.165) is 32.7 Å². The molecule has 3 rings (SSSR count). The molecule has 1 unspecified atom stereocenters. The van der Waals surface area contributed by atoms with Gasteiger partial charge in [0.2, 0.25) is 0 Å². The molecule has 21 heavy (non-hydrogen) atoms. The Morgan fingerprint density at radius 2 is 2.29 bits per heavy atom. The molecule has 0 aromatic carbocycles. The summed E-state index contributed by atoms with van der Waals surface area (Å²) in [4.78, 5) is 8.33. The Balaban J connectivity index is 1.54. The van der Waals surface area contributed by atoms with Gasteiger partial charge in [-0.3, -0.25) is 0 Å². The van der Waals surface area contributed by atoms with Gasteiger partial charge in [-0.1, -0.05) is 0 Å². The van der Waals surface area contributed by atoms with Gasteiger partial charge in [0.15, 0.2) is 0 Å². The van der Waals surface area contributed by atoms with E-state index in [1.165, 1.54) is 36.3 Å². The fourth-order valence-corrected chi connectivity index (χ4v) is 4.41. The van der Waals surface area contributed by atoms with Gasteiger partial charge in [0.1, 0.15) is 0 Å². The quantitative estimate of drug-likeness (QED) is 0.925. The third-order valence-corrected chi connectivity index (χ3v) is 6.14. The number of hydrogen-bond donors (Lipinski definition) is 1. The summed E-state index contributed by atoms with van der Waals surface area (Å²) in [5.41, 5.74) is 3.32. The summed E-state index contributed by atoms with van der Waals surface area (Å²) in [6, 6.07) is 0.671. The molecule has 1 aromatic rings. The summed E-state index contributed by atoms with van der Waals surface area (Å²) in [5, 5.41) is 3.45. The molecule has 2 aliphatic rings. The Labute approximate surface area is 131 Å². The number of nitrogens with zero attached hydrogens (tertiary/aromatic N) is 2. The van der Waals surface area contributed by atoms with Gasteiger partial charge in [-0.25, -0.2) is 4.98 Å². The van der Waals surface area contributed by atoms with E-state index in [-0.39, 0.29) is 5.60 Å². The lowest BCUT2D eigenvalue weighted by molar-refractivity contribution is -0.118. The van der Waals surface area contributed by atoms with Gasteiger partial charge < -0.3 is 15.0 Å². The lowest BCUT2D eigenvalue weighted by Gasteiger charge is -2.46. The van der Waals surface area contributed by atoms with E-state index in [4.69, 9.17) is 4.74 Å². The van der Waals surface area contributed by atoms with Crippen LogP contribution < -0.4 is 5.32 Å². The largest absolute Gasteiger partial charge is 0.375 e. The first-order chi connectivity index (χ1) is 10.2. The van der Waals surface area contributed by atoms with Crippen molar-refractivity contribution >= 4 is 11.3 Å². The van der Waals surface area contributed by atoms with Crippen LogP contribution in [0.15, 0.2) is 5.51 Å². The van der Waals surface area contributed by atoms with Crippen molar-refractivity contribution in [3.63, 3.8) is 0 Å². The second-order valence-corrected chi connectivity index (χ2v) is 7.46. The molecule has 2 saturated heterocycles. The predicted octanol–water partition coefficient (Wildman–Crippen LogP) is 2.23. The van der Waals surface area contributed by atoms with Gasteiger partial charge in [-0.2, -0.15) is 0 Å². The van der Waals surface area contributed by atoms with Gasteiger partial charge in [0, 0.05) is 24.1 Å². The number of aromatic nitrogens is 1. The fraction of sp³-hybridized carbons (Fsp3) is 0.812. The Morgan fingerprint density at radius 3 is 3.00 bits per heavy atom. The number of aryl methyl sites for hydroxylation is 1. The number of ether oxygens (including phenoxy) is 1. The zero-order valence-electron chi connectivity index (χ0n) is 13.2. The average molecular weight is 309 g/mol. The summed E-state index contributed by atoms with van der Waals surface area (Å²) in [7, 11) is 2.28. The summed E-state index contributed by atoms with van der Waals surface area (Å²) < 4.78 is 6.18. The highest BCUT2D eigenvalue weighted by Gasteiger charge is 2.39. The van der Waals surface area contributed by atoms with Crippen molar-refractivity contribution in [2.45, 2.75) is 50.7 Å². The minimum atomic E-state index is 0.156. The predicted molar refractivity (Wildman–Crippen MR) is 87.0 cm³/mol. The van der Waals surface area contributed by atoms with E-state index in [1.54, 1.807) is 11.3 Å². The van der Waals surface area contributed by atoms with Crippen LogP contribution in [-0.2, 0) is 11.2 Å². The van der Waals surface area contributed by atoms with E-state index in [9.17, 15) is 0 Å². The number of rotatable bonds is 4. The first-order valence-electron chi connectivity index (χ1n) is 8.12. The van der Waals surface area contributed by atoms with Crippen LogP contribution in [0, 0.1) is 6.92 Å². The van der Waals surface area contributed by atoms with Crippen LogP contribution in [0.1, 0.15) is 36.3 Å². The van der Waals surface area contributed by atoms with E-state index in [1.807, 2.05) is 5.51 Å². The molecule has 1 spiro atoms. The molecule has 0 bridgehead atoms. The van der Waals surface area contributed by atoms with Gasteiger partial charge >= 0.3 is 0 Å². The molecule has 2 fully saturated rings. The van der Waals surface area contributed by atoms with Crippen molar-refractivity contribution in [1.82, 2.24) is 15.2 Å². The summed E-state index contributed by atoms with van der Waals surface area (Å²) in [6.07, 6.45) is 5.84. The van der Waals surface area contributed by atoms with E-state index in [2.05, 4.69) is 29.2 Å². The van der Waals surface area contributed by atoms with Crippen LogP contribution in [0.5, 0.6) is 0 Å². The Hall–Kier alpha value is -0.490. The van der Waals surface area contributed by atoms with Crippen LogP contribution in [0.3, 0.4) is 0 Å². The Kier molecular flexibility index (Phi) is 4.94. The number of hydrogen-bond acceptors (Lipinski definition) is 5. The first-order valence-corrected chi connectivity index (χ1v) is 9.00. The zero-order chi connectivity index (χ0) is 14.7. The molecule has 0 saturated carbocycles. The summed E-state index contributed by atoms with van der Waals surface area (Å²) in [6.45, 7) is 6.38. The number of thiazole rings is 1. The lowest BCUT2D eigenvalue weighted by atomic mass is 9.82. The maximum atomic E-state index is 6.18. The molecule has 4 nitrogen and oxygen atoms in total. The minimum absolute atomic E-state index is 0.156. The maximum Gasteiger partial charge on any atom is 0.0797 e. The number of likely N-dealkylation sites (N-methyl/N-ethyl adjacent to an activating group) is 1. The standard InChI is InChI=1S/C16H27N3OS/c1-13-15(21-12-18-13)3-9-19(2)14-4-10-20-16(11-14)5-7-17-8-6-16/h12,14,17H,3-11H2,1-2H3. The highest BCUT2D eigenvalue weighted by atomic mass is 32.1. The molecule has 118 valence electrons. The van der Waals surface area contributed by atoms with Crippen molar-refractivity contribution in [2.24, 2.45) is 0 Å². The van der Waals surface area contributed by atoms with Crippen molar-refractivity contribution in [3.05, 3.63) is 16.1 Å². The molecular formula is C16H27N3OS. The van der Waals surface area contributed by atoms with Crippen molar-refractivity contribution in [1.29, 1.82) is 0 Å². The topological polar surface area (TPSA) is 37.4 Å². The van der Waals surface area contributed by atoms with Gasteiger partial charge in [0.05, 0.1) is 16.8 Å². The van der Waals surface area contributed by atoms with Crippen LogP contribution in [0.4, 0.5) is 0 Å². The van der Waals surface area contributed by atoms with Crippen LogP contribution in [-0.4, -0.2) is 54.8 Å².